The predicted molar refractivity (Wildman–Crippen MR) is 83.0 cm³/mol. The van der Waals surface area contributed by atoms with Gasteiger partial charge < -0.3 is 4.74 Å². The zero-order valence-corrected chi connectivity index (χ0v) is 12.3. The Morgan fingerprint density at radius 2 is 1.90 bits per heavy atom. The van der Waals surface area contributed by atoms with Crippen molar-refractivity contribution in [1.82, 2.24) is 9.78 Å². The molecule has 1 heterocycles. The number of carbonyl (C=O) groups is 1. The molecule has 1 fully saturated rings. The van der Waals surface area contributed by atoms with E-state index in [1.165, 1.54) is 38.4 Å². The monoisotopic (exact) mass is 284 g/mol. The second kappa shape index (κ2) is 6.12. The molecule has 110 valence electrons. The van der Waals surface area contributed by atoms with Crippen LogP contribution in [-0.4, -0.2) is 22.9 Å². The fraction of sp³-hybridized carbons (Fsp3) is 0.412. The SMILES string of the molecule is COC(=O)c1c2ccccc2nn1C=C1CCCCCC1. The minimum atomic E-state index is -0.339. The van der Waals surface area contributed by atoms with Gasteiger partial charge in [0.05, 0.1) is 12.6 Å². The summed E-state index contributed by atoms with van der Waals surface area (Å²) in [5.41, 5.74) is 2.71. The van der Waals surface area contributed by atoms with Gasteiger partial charge in [0.1, 0.15) is 0 Å². The molecule has 0 N–H and O–H groups in total. The number of carbonyl (C=O) groups excluding carboxylic acids is 1. The Bertz CT molecular complexity index is 675. The van der Waals surface area contributed by atoms with E-state index >= 15 is 0 Å². The number of benzene rings is 1. The van der Waals surface area contributed by atoms with Crippen molar-refractivity contribution < 1.29 is 9.53 Å². The van der Waals surface area contributed by atoms with Crippen molar-refractivity contribution in [3.63, 3.8) is 0 Å². The highest BCUT2D eigenvalue weighted by molar-refractivity contribution is 6.02. The van der Waals surface area contributed by atoms with Crippen molar-refractivity contribution in [2.75, 3.05) is 7.11 Å². The molecule has 0 saturated heterocycles. The van der Waals surface area contributed by atoms with Crippen LogP contribution in [0.1, 0.15) is 49.0 Å². The van der Waals surface area contributed by atoms with Crippen molar-refractivity contribution in [2.45, 2.75) is 38.5 Å². The van der Waals surface area contributed by atoms with E-state index in [2.05, 4.69) is 5.10 Å². The highest BCUT2D eigenvalue weighted by atomic mass is 16.5. The van der Waals surface area contributed by atoms with E-state index in [0.717, 1.165) is 23.7 Å². The molecule has 1 saturated carbocycles. The molecule has 2 aromatic rings. The maximum Gasteiger partial charge on any atom is 0.357 e. The number of aromatic nitrogens is 2. The zero-order chi connectivity index (χ0) is 14.7. The molecule has 0 atom stereocenters. The van der Waals surface area contributed by atoms with Crippen LogP contribution >= 0.6 is 0 Å². The molecule has 3 rings (SSSR count). The van der Waals surface area contributed by atoms with Crippen LogP contribution in [0.15, 0.2) is 29.8 Å². The van der Waals surface area contributed by atoms with E-state index in [4.69, 9.17) is 4.74 Å². The van der Waals surface area contributed by atoms with Gasteiger partial charge in [-0.1, -0.05) is 36.6 Å². The molecule has 21 heavy (non-hydrogen) atoms. The van der Waals surface area contributed by atoms with Crippen molar-refractivity contribution in [2.24, 2.45) is 0 Å². The van der Waals surface area contributed by atoms with E-state index in [-0.39, 0.29) is 5.97 Å². The topological polar surface area (TPSA) is 44.1 Å². The molecule has 4 heteroatoms. The Balaban J connectivity index is 2.08. The van der Waals surface area contributed by atoms with Crippen LogP contribution in [0.5, 0.6) is 0 Å². The second-order valence-corrected chi connectivity index (χ2v) is 5.50. The summed E-state index contributed by atoms with van der Waals surface area (Å²) in [6, 6.07) is 7.68. The van der Waals surface area contributed by atoms with Gasteiger partial charge in [-0.3, -0.25) is 0 Å². The largest absolute Gasteiger partial charge is 0.464 e. The molecule has 1 aliphatic rings. The molecule has 1 aromatic carbocycles. The van der Waals surface area contributed by atoms with Gasteiger partial charge in [0, 0.05) is 11.6 Å². The van der Waals surface area contributed by atoms with Gasteiger partial charge in [-0.05, 0) is 31.7 Å². The maximum absolute atomic E-state index is 12.1. The number of methoxy groups -OCH3 is 1. The predicted octanol–water partition coefficient (Wildman–Crippen LogP) is 4.02. The number of rotatable bonds is 2. The number of hydrogen-bond acceptors (Lipinski definition) is 3. The first kappa shape index (κ1) is 13.9. The average Bonchev–Trinajstić information content (AvgIpc) is 2.67. The van der Waals surface area contributed by atoms with Gasteiger partial charge in [-0.15, -0.1) is 0 Å². The Kier molecular flexibility index (Phi) is 4.04. The molecular weight excluding hydrogens is 264 g/mol. The summed E-state index contributed by atoms with van der Waals surface area (Å²) >= 11 is 0. The van der Waals surface area contributed by atoms with Crippen LogP contribution in [0.25, 0.3) is 17.1 Å². The molecule has 0 bridgehead atoms. The van der Waals surface area contributed by atoms with Crippen LogP contribution in [0.2, 0.25) is 0 Å². The molecule has 1 aromatic heterocycles. The number of hydrogen-bond donors (Lipinski definition) is 0. The zero-order valence-electron chi connectivity index (χ0n) is 12.3. The van der Waals surface area contributed by atoms with Gasteiger partial charge >= 0.3 is 5.97 Å². The summed E-state index contributed by atoms with van der Waals surface area (Å²) in [6.07, 6.45) is 9.25. The fourth-order valence-corrected chi connectivity index (χ4v) is 2.93. The third-order valence-electron chi connectivity index (χ3n) is 4.03. The standard InChI is InChI=1S/C17H20N2O2/c1-21-17(20)16-14-10-6-7-11-15(14)18-19(16)12-13-8-4-2-3-5-9-13/h6-7,10-12H,2-5,8-9H2,1H3. The molecule has 0 radical (unpaired) electrons. The first-order chi connectivity index (χ1) is 10.3. The van der Waals surface area contributed by atoms with E-state index in [1.807, 2.05) is 30.5 Å². The number of ether oxygens (including phenoxy) is 1. The third kappa shape index (κ3) is 2.84. The van der Waals surface area contributed by atoms with Gasteiger partial charge in [-0.25, -0.2) is 9.48 Å². The highest BCUT2D eigenvalue weighted by Gasteiger charge is 2.18. The summed E-state index contributed by atoms with van der Waals surface area (Å²) in [5.74, 6) is -0.339. The molecule has 4 nitrogen and oxygen atoms in total. The quantitative estimate of drug-likeness (QED) is 0.618. The van der Waals surface area contributed by atoms with E-state index in [1.54, 1.807) is 4.68 Å². The van der Waals surface area contributed by atoms with Gasteiger partial charge in [0.15, 0.2) is 5.69 Å². The summed E-state index contributed by atoms with van der Waals surface area (Å²) in [6.45, 7) is 0. The number of allylic oxidation sites excluding steroid dienone is 1. The second-order valence-electron chi connectivity index (χ2n) is 5.50. The van der Waals surface area contributed by atoms with E-state index < -0.39 is 0 Å². The molecule has 1 aliphatic carbocycles. The lowest BCUT2D eigenvalue weighted by atomic mass is 10.1. The summed E-state index contributed by atoms with van der Waals surface area (Å²) in [4.78, 5) is 12.1. The van der Waals surface area contributed by atoms with Crippen LogP contribution < -0.4 is 0 Å². The number of fused-ring (bicyclic) bond motifs is 1. The molecule has 0 unspecified atom stereocenters. The Morgan fingerprint density at radius 3 is 2.62 bits per heavy atom. The lowest BCUT2D eigenvalue weighted by Gasteiger charge is -2.05. The minimum absolute atomic E-state index is 0.339. The van der Waals surface area contributed by atoms with E-state index in [0.29, 0.717) is 5.69 Å². The van der Waals surface area contributed by atoms with Crippen molar-refractivity contribution in [3.05, 3.63) is 35.5 Å². The van der Waals surface area contributed by atoms with Crippen LogP contribution in [0.3, 0.4) is 0 Å². The van der Waals surface area contributed by atoms with Gasteiger partial charge in [0.25, 0.3) is 0 Å². The highest BCUT2D eigenvalue weighted by Crippen LogP contribution is 2.25. The number of esters is 1. The summed E-state index contributed by atoms with van der Waals surface area (Å²) in [5, 5.41) is 5.39. The molecule has 0 amide bonds. The van der Waals surface area contributed by atoms with Crippen molar-refractivity contribution >= 4 is 23.1 Å². The van der Waals surface area contributed by atoms with E-state index in [9.17, 15) is 4.79 Å². The summed E-state index contributed by atoms with van der Waals surface area (Å²) in [7, 11) is 1.41. The normalized spacial score (nSPS) is 15.8. The fourth-order valence-electron chi connectivity index (χ4n) is 2.93. The summed E-state index contributed by atoms with van der Waals surface area (Å²) < 4.78 is 6.63. The van der Waals surface area contributed by atoms with Gasteiger partial charge in [-0.2, -0.15) is 5.10 Å². The van der Waals surface area contributed by atoms with Gasteiger partial charge in [0.2, 0.25) is 0 Å². The van der Waals surface area contributed by atoms with Crippen LogP contribution in [-0.2, 0) is 4.74 Å². The smallest absolute Gasteiger partial charge is 0.357 e. The first-order valence-corrected chi connectivity index (χ1v) is 7.55. The molecular formula is C17H20N2O2. The van der Waals surface area contributed by atoms with Crippen molar-refractivity contribution in [3.8, 4) is 0 Å². The Labute approximate surface area is 124 Å². The Hall–Kier alpha value is -2.10. The lowest BCUT2D eigenvalue weighted by molar-refractivity contribution is 0.0593. The Morgan fingerprint density at radius 1 is 1.19 bits per heavy atom. The average molecular weight is 284 g/mol. The first-order valence-electron chi connectivity index (χ1n) is 7.55. The molecule has 0 aliphatic heterocycles. The van der Waals surface area contributed by atoms with Crippen LogP contribution in [0.4, 0.5) is 0 Å². The number of nitrogens with zero attached hydrogens (tertiary/aromatic N) is 2. The van der Waals surface area contributed by atoms with Crippen molar-refractivity contribution in [1.29, 1.82) is 0 Å². The third-order valence-corrected chi connectivity index (χ3v) is 4.03. The maximum atomic E-state index is 12.1. The van der Waals surface area contributed by atoms with Crippen LogP contribution in [0, 0.1) is 0 Å². The lowest BCUT2D eigenvalue weighted by Crippen LogP contribution is -2.08. The minimum Gasteiger partial charge on any atom is -0.464 e. The molecule has 0 spiro atoms.